The predicted molar refractivity (Wildman–Crippen MR) is 75.6 cm³/mol. The Bertz CT molecular complexity index is 313. The van der Waals surface area contributed by atoms with Gasteiger partial charge in [-0.05, 0) is 39.0 Å². The van der Waals surface area contributed by atoms with Gasteiger partial charge in [0.2, 0.25) is 0 Å². The summed E-state index contributed by atoms with van der Waals surface area (Å²) in [6, 6.07) is 0.482. The third kappa shape index (κ3) is 4.72. The fraction of sp³-hybridized carbons (Fsp3) is 0.933. The van der Waals surface area contributed by atoms with Crippen molar-refractivity contribution in [3.8, 4) is 0 Å². The molecule has 2 rings (SSSR count). The first-order valence-corrected chi connectivity index (χ1v) is 7.65. The van der Waals surface area contributed by atoms with Crippen LogP contribution < -0.4 is 5.32 Å². The van der Waals surface area contributed by atoms with Crippen molar-refractivity contribution in [2.75, 3.05) is 33.5 Å². The van der Waals surface area contributed by atoms with E-state index in [0.29, 0.717) is 18.6 Å². The maximum absolute atomic E-state index is 11.9. The molecule has 0 bridgehead atoms. The molecule has 0 amide bonds. The summed E-state index contributed by atoms with van der Waals surface area (Å²) in [6.07, 6.45) is 5.02. The lowest BCUT2D eigenvalue weighted by Crippen LogP contribution is -2.51. The maximum Gasteiger partial charge on any atom is 0.325 e. The van der Waals surface area contributed by atoms with E-state index in [1.54, 1.807) is 0 Å². The van der Waals surface area contributed by atoms with Crippen molar-refractivity contribution in [1.29, 1.82) is 0 Å². The number of carbonyl (C=O) groups is 1. The number of methoxy groups -OCH3 is 1. The third-order valence-corrected chi connectivity index (χ3v) is 4.08. The molecule has 1 saturated carbocycles. The molecule has 0 radical (unpaired) electrons. The fourth-order valence-electron chi connectivity index (χ4n) is 2.63. The van der Waals surface area contributed by atoms with Gasteiger partial charge in [0, 0.05) is 25.2 Å². The van der Waals surface area contributed by atoms with Crippen LogP contribution >= 0.6 is 0 Å². The van der Waals surface area contributed by atoms with Crippen LogP contribution in [0.4, 0.5) is 0 Å². The largest absolute Gasteiger partial charge is 0.468 e. The molecule has 1 N–H and O–H groups in total. The molecular formula is C15H27NO4. The molecular weight excluding hydrogens is 258 g/mol. The summed E-state index contributed by atoms with van der Waals surface area (Å²) < 4.78 is 15.9. The van der Waals surface area contributed by atoms with Gasteiger partial charge in [-0.15, -0.1) is 0 Å². The highest BCUT2D eigenvalue weighted by molar-refractivity contribution is 5.80. The molecule has 1 saturated heterocycles. The second kappa shape index (κ2) is 7.38. The van der Waals surface area contributed by atoms with E-state index in [9.17, 15) is 4.79 Å². The van der Waals surface area contributed by atoms with E-state index in [2.05, 4.69) is 5.32 Å². The Morgan fingerprint density at radius 2 is 2.20 bits per heavy atom. The summed E-state index contributed by atoms with van der Waals surface area (Å²) in [5.74, 6) is 0.375. The first-order chi connectivity index (χ1) is 9.64. The molecule has 2 atom stereocenters. The molecule has 0 aromatic rings. The second-order valence-corrected chi connectivity index (χ2v) is 6.15. The predicted octanol–water partition coefficient (Wildman–Crippen LogP) is 1.50. The lowest BCUT2D eigenvalue weighted by Gasteiger charge is -2.28. The molecule has 2 aliphatic rings. The molecule has 1 heterocycles. The van der Waals surface area contributed by atoms with Gasteiger partial charge in [-0.1, -0.05) is 0 Å². The van der Waals surface area contributed by atoms with E-state index in [1.165, 1.54) is 7.11 Å². The number of carbonyl (C=O) groups excluding carboxylic acids is 1. The quantitative estimate of drug-likeness (QED) is 0.514. The molecule has 116 valence electrons. The van der Waals surface area contributed by atoms with Crippen LogP contribution in [0.3, 0.4) is 0 Å². The molecule has 0 aromatic heterocycles. The van der Waals surface area contributed by atoms with E-state index in [1.807, 2.05) is 6.92 Å². The van der Waals surface area contributed by atoms with Gasteiger partial charge in [0.25, 0.3) is 0 Å². The van der Waals surface area contributed by atoms with Gasteiger partial charge in [-0.2, -0.15) is 0 Å². The van der Waals surface area contributed by atoms with Crippen molar-refractivity contribution < 1.29 is 19.0 Å². The lowest BCUT2D eigenvalue weighted by molar-refractivity contribution is -0.148. The molecule has 20 heavy (non-hydrogen) atoms. The van der Waals surface area contributed by atoms with Crippen LogP contribution in [0, 0.1) is 5.92 Å². The minimum atomic E-state index is -0.574. The van der Waals surface area contributed by atoms with Crippen LogP contribution in [-0.2, 0) is 19.0 Å². The highest BCUT2D eigenvalue weighted by Crippen LogP contribution is 2.25. The highest BCUT2D eigenvalue weighted by Gasteiger charge is 2.38. The van der Waals surface area contributed by atoms with Gasteiger partial charge in [-0.25, -0.2) is 0 Å². The van der Waals surface area contributed by atoms with Crippen LogP contribution in [0.2, 0.25) is 0 Å². The first kappa shape index (κ1) is 15.7. The molecule has 5 heteroatoms. The minimum Gasteiger partial charge on any atom is -0.468 e. The van der Waals surface area contributed by atoms with Gasteiger partial charge in [0.1, 0.15) is 5.54 Å². The summed E-state index contributed by atoms with van der Waals surface area (Å²) in [6.45, 7) is 5.07. The average molecular weight is 285 g/mol. The Balaban J connectivity index is 1.64. The zero-order chi connectivity index (χ0) is 14.4. The zero-order valence-electron chi connectivity index (χ0n) is 12.7. The van der Waals surface area contributed by atoms with Gasteiger partial charge < -0.3 is 14.2 Å². The normalized spacial score (nSPS) is 25.4. The van der Waals surface area contributed by atoms with E-state index < -0.39 is 5.54 Å². The average Bonchev–Trinajstić information content (AvgIpc) is 3.09. The summed E-state index contributed by atoms with van der Waals surface area (Å²) >= 11 is 0. The molecule has 2 unspecified atom stereocenters. The number of rotatable bonds is 9. The number of hydrogen-bond acceptors (Lipinski definition) is 5. The van der Waals surface area contributed by atoms with Crippen molar-refractivity contribution in [2.24, 2.45) is 5.92 Å². The smallest absolute Gasteiger partial charge is 0.325 e. The second-order valence-electron chi connectivity index (χ2n) is 6.15. The van der Waals surface area contributed by atoms with Crippen LogP contribution in [0.15, 0.2) is 0 Å². The van der Waals surface area contributed by atoms with Gasteiger partial charge >= 0.3 is 5.97 Å². The summed E-state index contributed by atoms with van der Waals surface area (Å²) in [5.41, 5.74) is -0.574. The Morgan fingerprint density at radius 3 is 2.80 bits per heavy atom. The van der Waals surface area contributed by atoms with Gasteiger partial charge in [0.15, 0.2) is 0 Å². The molecule has 2 fully saturated rings. The number of ether oxygens (including phenoxy) is 3. The zero-order valence-corrected chi connectivity index (χ0v) is 12.7. The minimum absolute atomic E-state index is 0.173. The van der Waals surface area contributed by atoms with Crippen molar-refractivity contribution >= 4 is 5.97 Å². The van der Waals surface area contributed by atoms with Crippen molar-refractivity contribution in [2.45, 2.75) is 50.6 Å². The number of esters is 1. The molecule has 0 spiro atoms. The van der Waals surface area contributed by atoms with Crippen LogP contribution in [0.25, 0.3) is 0 Å². The highest BCUT2D eigenvalue weighted by atomic mass is 16.5. The van der Waals surface area contributed by atoms with Gasteiger partial charge in [0.05, 0.1) is 20.3 Å². The fourth-order valence-corrected chi connectivity index (χ4v) is 2.63. The standard InChI is InChI=1S/C15H27NO4/c1-15(14(17)18-2,16-13-4-5-13)7-3-8-19-10-12-6-9-20-11-12/h12-13,16H,3-11H2,1-2H3. The van der Waals surface area contributed by atoms with Crippen molar-refractivity contribution in [1.82, 2.24) is 5.32 Å². The van der Waals surface area contributed by atoms with E-state index in [0.717, 1.165) is 51.9 Å². The van der Waals surface area contributed by atoms with E-state index in [-0.39, 0.29) is 5.97 Å². The Labute approximate surface area is 121 Å². The van der Waals surface area contributed by atoms with Crippen LogP contribution in [0.5, 0.6) is 0 Å². The maximum atomic E-state index is 11.9. The number of nitrogens with one attached hydrogen (secondary N) is 1. The Morgan fingerprint density at radius 1 is 1.40 bits per heavy atom. The molecule has 5 nitrogen and oxygen atoms in total. The van der Waals surface area contributed by atoms with Crippen LogP contribution in [-0.4, -0.2) is 51.1 Å². The molecule has 1 aliphatic carbocycles. The topological polar surface area (TPSA) is 56.8 Å². The monoisotopic (exact) mass is 285 g/mol. The SMILES string of the molecule is COC(=O)C(C)(CCCOCC1CCOC1)NC1CC1. The number of hydrogen-bond donors (Lipinski definition) is 1. The lowest BCUT2D eigenvalue weighted by atomic mass is 9.95. The molecule has 1 aliphatic heterocycles. The third-order valence-electron chi connectivity index (χ3n) is 4.08. The van der Waals surface area contributed by atoms with Crippen molar-refractivity contribution in [3.05, 3.63) is 0 Å². The van der Waals surface area contributed by atoms with E-state index in [4.69, 9.17) is 14.2 Å². The summed E-state index contributed by atoms with van der Waals surface area (Å²) in [4.78, 5) is 11.9. The van der Waals surface area contributed by atoms with Gasteiger partial charge in [-0.3, -0.25) is 10.1 Å². The summed E-state index contributed by atoms with van der Waals surface area (Å²) in [7, 11) is 1.45. The van der Waals surface area contributed by atoms with Crippen LogP contribution in [0.1, 0.15) is 39.0 Å². The Kier molecular flexibility index (Phi) is 5.81. The summed E-state index contributed by atoms with van der Waals surface area (Å²) in [5, 5.41) is 3.40. The Hall–Kier alpha value is -0.650. The van der Waals surface area contributed by atoms with E-state index >= 15 is 0 Å². The first-order valence-electron chi connectivity index (χ1n) is 7.65. The molecule has 0 aromatic carbocycles. The van der Waals surface area contributed by atoms with Crippen molar-refractivity contribution in [3.63, 3.8) is 0 Å².